The third kappa shape index (κ3) is 8.77. The van der Waals surface area contributed by atoms with Gasteiger partial charge in [0.1, 0.15) is 0 Å². The Balaban J connectivity index is 1.52. The van der Waals surface area contributed by atoms with Crippen molar-refractivity contribution in [1.82, 2.24) is 0 Å². The average molecular weight is 412 g/mol. The molecule has 0 spiro atoms. The third-order valence-electron chi connectivity index (χ3n) is 6.00. The number of carboxylic acid groups (broad SMARTS) is 1. The topological polar surface area (TPSA) is 49.3 Å². The highest BCUT2D eigenvalue weighted by atomic mass is 16.4. The van der Waals surface area contributed by atoms with Gasteiger partial charge in [-0.15, -0.1) is 0 Å². The Kier molecular flexibility index (Phi) is 12.0. The number of carbonyl (C=O) groups is 1. The van der Waals surface area contributed by atoms with Crippen molar-refractivity contribution < 1.29 is 9.90 Å². The van der Waals surface area contributed by atoms with Crippen LogP contribution in [0.2, 0.25) is 0 Å². The largest absolute Gasteiger partial charge is 0.478 e. The quantitative estimate of drug-likeness (QED) is 0.257. The van der Waals surface area contributed by atoms with E-state index in [1.807, 2.05) is 30.3 Å². The molecule has 2 rings (SSSR count). The minimum atomic E-state index is -0.871. The zero-order valence-electron chi connectivity index (χ0n) is 18.9. The van der Waals surface area contributed by atoms with Gasteiger partial charge in [-0.25, -0.2) is 4.79 Å². The summed E-state index contributed by atoms with van der Waals surface area (Å²) >= 11 is 0. The number of nitrogens with one attached hydrogen (secondary N) is 1. The van der Waals surface area contributed by atoms with E-state index in [9.17, 15) is 9.90 Å². The zero-order valence-corrected chi connectivity index (χ0v) is 18.9. The van der Waals surface area contributed by atoms with E-state index < -0.39 is 5.97 Å². The Morgan fingerprint density at radius 3 is 1.73 bits per heavy atom. The molecule has 0 saturated heterocycles. The predicted molar refractivity (Wildman–Crippen MR) is 130 cm³/mol. The van der Waals surface area contributed by atoms with Crippen LogP contribution in [-0.4, -0.2) is 17.6 Å². The number of hydrogen-bond donors (Lipinski definition) is 2. The molecule has 0 aliphatic carbocycles. The fourth-order valence-electron chi connectivity index (χ4n) is 4.18. The van der Waals surface area contributed by atoms with Crippen LogP contribution in [0.25, 0.3) is 10.8 Å². The second-order valence-electron chi connectivity index (χ2n) is 8.53. The number of rotatable bonds is 17. The van der Waals surface area contributed by atoms with Crippen LogP contribution in [0.3, 0.4) is 0 Å². The van der Waals surface area contributed by atoms with Crippen molar-refractivity contribution in [3.63, 3.8) is 0 Å². The van der Waals surface area contributed by atoms with Crippen LogP contribution in [0.5, 0.6) is 0 Å². The summed E-state index contributed by atoms with van der Waals surface area (Å²) in [7, 11) is 0. The van der Waals surface area contributed by atoms with Crippen LogP contribution in [0, 0.1) is 0 Å². The maximum Gasteiger partial charge on any atom is 0.336 e. The molecule has 0 aliphatic heterocycles. The van der Waals surface area contributed by atoms with Gasteiger partial charge >= 0.3 is 5.97 Å². The van der Waals surface area contributed by atoms with Crippen LogP contribution in [0.1, 0.15) is 107 Å². The highest BCUT2D eigenvalue weighted by Crippen LogP contribution is 2.27. The molecule has 0 unspecified atom stereocenters. The third-order valence-corrected chi connectivity index (χ3v) is 6.00. The first-order valence-corrected chi connectivity index (χ1v) is 12.2. The molecule has 0 amide bonds. The Morgan fingerprint density at radius 2 is 1.20 bits per heavy atom. The molecular weight excluding hydrogens is 370 g/mol. The van der Waals surface area contributed by atoms with Crippen molar-refractivity contribution in [3.8, 4) is 0 Å². The van der Waals surface area contributed by atoms with Crippen molar-refractivity contribution in [1.29, 1.82) is 0 Å². The van der Waals surface area contributed by atoms with Gasteiger partial charge in [-0.05, 0) is 23.9 Å². The monoisotopic (exact) mass is 411 g/mol. The fourth-order valence-corrected chi connectivity index (χ4v) is 4.18. The van der Waals surface area contributed by atoms with Crippen molar-refractivity contribution >= 4 is 22.4 Å². The summed E-state index contributed by atoms with van der Waals surface area (Å²) in [6.07, 6.45) is 19.2. The van der Waals surface area contributed by atoms with E-state index in [0.29, 0.717) is 5.56 Å². The van der Waals surface area contributed by atoms with Crippen molar-refractivity contribution in [2.75, 3.05) is 11.9 Å². The molecule has 30 heavy (non-hydrogen) atoms. The van der Waals surface area contributed by atoms with Gasteiger partial charge in [0.25, 0.3) is 0 Å². The van der Waals surface area contributed by atoms with Gasteiger partial charge < -0.3 is 10.4 Å². The summed E-state index contributed by atoms with van der Waals surface area (Å²) in [5, 5.41) is 14.7. The van der Waals surface area contributed by atoms with E-state index in [0.717, 1.165) is 29.4 Å². The SMILES string of the molecule is CCCCCCCCCCCCCCCCNc1ccc(C(=O)O)c2ccccc12. The van der Waals surface area contributed by atoms with Gasteiger partial charge in [-0.2, -0.15) is 0 Å². The fraction of sp³-hybridized carbons (Fsp3) is 0.593. The Morgan fingerprint density at radius 1 is 0.700 bits per heavy atom. The number of unbranched alkanes of at least 4 members (excludes halogenated alkanes) is 13. The van der Waals surface area contributed by atoms with Crippen molar-refractivity contribution in [2.24, 2.45) is 0 Å². The summed E-state index contributed by atoms with van der Waals surface area (Å²) in [6, 6.07) is 11.3. The van der Waals surface area contributed by atoms with Crippen LogP contribution in [0.4, 0.5) is 5.69 Å². The Bertz CT molecular complexity index is 741. The molecule has 3 heteroatoms. The molecule has 166 valence electrons. The first kappa shape index (κ1) is 24.2. The molecule has 0 bridgehead atoms. The lowest BCUT2D eigenvalue weighted by molar-refractivity contribution is 0.0699. The molecule has 0 aromatic heterocycles. The maximum absolute atomic E-state index is 11.4. The van der Waals surface area contributed by atoms with E-state index in [1.165, 1.54) is 83.5 Å². The minimum absolute atomic E-state index is 0.368. The van der Waals surface area contributed by atoms with Crippen LogP contribution in [-0.2, 0) is 0 Å². The maximum atomic E-state index is 11.4. The van der Waals surface area contributed by atoms with Gasteiger partial charge in [0.2, 0.25) is 0 Å². The highest BCUT2D eigenvalue weighted by Gasteiger charge is 2.10. The molecule has 0 fully saturated rings. The van der Waals surface area contributed by atoms with E-state index in [2.05, 4.69) is 12.2 Å². The first-order chi connectivity index (χ1) is 14.7. The first-order valence-electron chi connectivity index (χ1n) is 12.2. The normalized spacial score (nSPS) is 11.1. The summed E-state index contributed by atoms with van der Waals surface area (Å²) in [4.78, 5) is 11.4. The smallest absolute Gasteiger partial charge is 0.336 e. The second kappa shape index (κ2) is 14.9. The molecule has 0 radical (unpaired) electrons. The second-order valence-corrected chi connectivity index (χ2v) is 8.53. The number of fused-ring (bicyclic) bond motifs is 1. The number of benzene rings is 2. The minimum Gasteiger partial charge on any atom is -0.478 e. The lowest BCUT2D eigenvalue weighted by atomic mass is 10.0. The standard InChI is InChI=1S/C27H41NO2/c1-2-3-4-5-6-7-8-9-10-11-12-13-14-17-22-28-26-21-20-25(27(29)30)23-18-15-16-19-24(23)26/h15-16,18-21,28H,2-14,17,22H2,1H3,(H,29,30). The molecule has 0 aliphatic rings. The van der Waals surface area contributed by atoms with Gasteiger partial charge in [-0.3, -0.25) is 0 Å². The molecule has 2 aromatic carbocycles. The van der Waals surface area contributed by atoms with E-state index in [-0.39, 0.29) is 0 Å². The zero-order chi connectivity index (χ0) is 21.4. The molecule has 0 atom stereocenters. The number of hydrogen-bond acceptors (Lipinski definition) is 2. The number of aromatic carboxylic acids is 1. The van der Waals surface area contributed by atoms with Crippen LogP contribution < -0.4 is 5.32 Å². The molecule has 2 aromatic rings. The molecule has 3 nitrogen and oxygen atoms in total. The lowest BCUT2D eigenvalue weighted by Gasteiger charge is -2.11. The van der Waals surface area contributed by atoms with Crippen molar-refractivity contribution in [3.05, 3.63) is 42.0 Å². The Labute approximate surface area is 183 Å². The van der Waals surface area contributed by atoms with Crippen LogP contribution in [0.15, 0.2) is 36.4 Å². The summed E-state index contributed by atoms with van der Waals surface area (Å²) in [5.41, 5.74) is 1.40. The lowest BCUT2D eigenvalue weighted by Crippen LogP contribution is -2.04. The molecule has 0 saturated carbocycles. The van der Waals surface area contributed by atoms with Gasteiger partial charge in [0, 0.05) is 17.6 Å². The summed E-state index contributed by atoms with van der Waals surface area (Å²) < 4.78 is 0. The van der Waals surface area contributed by atoms with E-state index >= 15 is 0 Å². The van der Waals surface area contributed by atoms with Crippen molar-refractivity contribution in [2.45, 2.75) is 96.8 Å². The summed E-state index contributed by atoms with van der Waals surface area (Å²) in [6.45, 7) is 3.22. The average Bonchev–Trinajstić information content (AvgIpc) is 2.76. The molecular formula is C27H41NO2. The van der Waals surface area contributed by atoms with Crippen LogP contribution >= 0.6 is 0 Å². The predicted octanol–water partition coefficient (Wildman–Crippen LogP) is 8.43. The van der Waals surface area contributed by atoms with E-state index in [1.54, 1.807) is 6.07 Å². The molecule has 0 heterocycles. The number of anilines is 1. The molecule has 2 N–H and O–H groups in total. The number of carboxylic acids is 1. The summed E-state index contributed by atoms with van der Waals surface area (Å²) in [5.74, 6) is -0.871. The van der Waals surface area contributed by atoms with E-state index in [4.69, 9.17) is 0 Å². The van der Waals surface area contributed by atoms with Gasteiger partial charge in [0.15, 0.2) is 0 Å². The Hall–Kier alpha value is -2.03. The highest BCUT2D eigenvalue weighted by molar-refractivity contribution is 6.07. The van der Waals surface area contributed by atoms with Gasteiger partial charge in [-0.1, -0.05) is 115 Å². The van der Waals surface area contributed by atoms with Gasteiger partial charge in [0.05, 0.1) is 5.56 Å².